The summed E-state index contributed by atoms with van der Waals surface area (Å²) in [6.45, 7) is 18.8. The Balaban J connectivity index is 1.38. The number of esters is 1. The fourth-order valence-corrected chi connectivity index (χ4v) is 11.3. The molecule has 50 heavy (non-hydrogen) atoms. The predicted molar refractivity (Wildman–Crippen MR) is 200 cm³/mol. The van der Waals surface area contributed by atoms with Crippen molar-refractivity contribution in [3.63, 3.8) is 0 Å². The number of carboxylic acid groups (broad SMARTS) is 1. The fraction of sp³-hybridized carbons (Fsp3) is 0.800. The number of hydrogen-bond donors (Lipinski definition) is 5. The Morgan fingerprint density at radius 3 is 2.34 bits per heavy atom. The molecule has 10 heteroatoms. The number of nitrogens with two attached hydrogens (primary N) is 1. The molecular weight excluding hydrogens is 651 g/mol. The van der Waals surface area contributed by atoms with Gasteiger partial charge in [-0.05, 0) is 118 Å². The van der Waals surface area contributed by atoms with E-state index in [1.54, 1.807) is 11.1 Å². The highest BCUT2D eigenvalue weighted by Gasteiger charge is 2.63. The molecule has 5 N–H and O–H groups in total. The number of carbonyl (C=O) groups is 4. The first-order valence-corrected chi connectivity index (χ1v) is 19.7. The zero-order chi connectivity index (χ0) is 37.2. The fourth-order valence-electron chi connectivity index (χ4n) is 11.0. The zero-order valence-corrected chi connectivity index (χ0v) is 32.8. The number of nitrogens with one attached hydrogen (secondary N) is 2. The number of aliphatic carboxylic acids is 1. The minimum Gasteiger partial charge on any atom is -0.480 e. The number of ether oxygens (including phenoxy) is 1. The summed E-state index contributed by atoms with van der Waals surface area (Å²) in [5.74, 6) is -0.871. The molecular formula is C40H65N3O6S. The minimum absolute atomic E-state index is 0.0134. The molecule has 0 heterocycles. The van der Waals surface area contributed by atoms with E-state index in [1.807, 2.05) is 0 Å². The Bertz CT molecular complexity index is 1370. The van der Waals surface area contributed by atoms with Gasteiger partial charge in [-0.15, -0.1) is 0 Å². The van der Waals surface area contributed by atoms with E-state index >= 15 is 0 Å². The Hall–Kier alpha value is -2.33. The third-order valence-electron chi connectivity index (χ3n) is 14.1. The van der Waals surface area contributed by atoms with E-state index in [0.29, 0.717) is 11.3 Å². The van der Waals surface area contributed by atoms with Gasteiger partial charge in [-0.3, -0.25) is 19.2 Å². The summed E-state index contributed by atoms with van der Waals surface area (Å²) < 4.78 is 6.11. The molecule has 0 aromatic carbocycles. The Kier molecular flexibility index (Phi) is 12.7. The van der Waals surface area contributed by atoms with E-state index < -0.39 is 35.8 Å². The maximum absolute atomic E-state index is 13.1. The maximum atomic E-state index is 13.1. The van der Waals surface area contributed by atoms with E-state index in [1.165, 1.54) is 44.1 Å². The van der Waals surface area contributed by atoms with E-state index in [0.717, 1.165) is 37.5 Å². The van der Waals surface area contributed by atoms with Crippen LogP contribution in [0.5, 0.6) is 0 Å². The van der Waals surface area contributed by atoms with E-state index in [2.05, 4.69) is 84.7 Å². The summed E-state index contributed by atoms with van der Waals surface area (Å²) in [6, 6.07) is -2.14. The molecule has 4 rings (SSSR count). The van der Waals surface area contributed by atoms with Crippen LogP contribution in [0.4, 0.5) is 0 Å². The summed E-state index contributed by atoms with van der Waals surface area (Å²) in [5.41, 5.74) is 10.8. The lowest BCUT2D eigenvalue weighted by atomic mass is 9.43. The van der Waals surface area contributed by atoms with Crippen molar-refractivity contribution in [1.82, 2.24) is 10.6 Å². The highest BCUT2D eigenvalue weighted by atomic mass is 32.1. The molecule has 2 fully saturated rings. The monoisotopic (exact) mass is 715 g/mol. The van der Waals surface area contributed by atoms with Gasteiger partial charge in [0.1, 0.15) is 24.7 Å². The van der Waals surface area contributed by atoms with Gasteiger partial charge in [0, 0.05) is 17.6 Å². The molecule has 0 aliphatic heterocycles. The second-order valence-corrected chi connectivity index (χ2v) is 17.9. The van der Waals surface area contributed by atoms with Crippen LogP contribution in [-0.2, 0) is 23.9 Å². The number of carboxylic acids is 1. The van der Waals surface area contributed by atoms with Crippen molar-refractivity contribution in [3.8, 4) is 0 Å². The van der Waals surface area contributed by atoms with Gasteiger partial charge in [-0.1, -0.05) is 64.3 Å². The smallest absolute Gasteiger partial charge is 0.325 e. The molecule has 0 aromatic rings. The molecule has 0 aromatic heterocycles. The lowest BCUT2D eigenvalue weighted by Crippen LogP contribution is -2.56. The standard InChI is InChI=1S/C40H65N3O6S/c1-24(2)10-9-11-25(3)26-16-20-40(8)28-12-14-31-37(4,5)32(18-19-38(31,6)27(28)17-21-39(26,40)7)49-34(45)22-42-35(46)30(23-50)43-33(44)15-13-29(41)36(47)48/h10,25-26,29-32,50H,9,11-23,41H2,1-8H3,(H,42,46)(H,43,44)(H,47,48)/t25-,26-,29+,30+,31+,32+,38-,39-,40+/m1/s1. The summed E-state index contributed by atoms with van der Waals surface area (Å²) in [7, 11) is 0. The van der Waals surface area contributed by atoms with Gasteiger partial charge >= 0.3 is 11.9 Å². The number of rotatable bonds is 14. The lowest BCUT2D eigenvalue weighted by molar-refractivity contribution is -0.169. The minimum atomic E-state index is -1.19. The van der Waals surface area contributed by atoms with Crippen LogP contribution in [0.15, 0.2) is 22.8 Å². The van der Waals surface area contributed by atoms with Gasteiger partial charge in [0.05, 0.1) is 0 Å². The van der Waals surface area contributed by atoms with Gasteiger partial charge < -0.3 is 26.2 Å². The van der Waals surface area contributed by atoms with Crippen molar-refractivity contribution in [2.45, 2.75) is 151 Å². The van der Waals surface area contributed by atoms with Crippen molar-refractivity contribution in [2.75, 3.05) is 12.3 Å². The molecule has 2 amide bonds. The lowest BCUT2D eigenvalue weighted by Gasteiger charge is -2.62. The van der Waals surface area contributed by atoms with Crippen LogP contribution in [-0.4, -0.2) is 59.3 Å². The Labute approximate surface area is 306 Å². The molecule has 282 valence electrons. The molecule has 2 saturated carbocycles. The molecule has 0 spiro atoms. The van der Waals surface area contributed by atoms with Gasteiger partial charge in [-0.2, -0.15) is 12.6 Å². The van der Waals surface area contributed by atoms with E-state index in [9.17, 15) is 19.2 Å². The molecule has 0 radical (unpaired) electrons. The quantitative estimate of drug-likeness (QED) is 0.0759. The van der Waals surface area contributed by atoms with Crippen molar-refractivity contribution >= 4 is 36.4 Å². The Morgan fingerprint density at radius 1 is 1.00 bits per heavy atom. The van der Waals surface area contributed by atoms with Crippen molar-refractivity contribution in [3.05, 3.63) is 22.8 Å². The van der Waals surface area contributed by atoms with Crippen LogP contribution in [0.2, 0.25) is 0 Å². The normalized spacial score (nSPS) is 33.1. The van der Waals surface area contributed by atoms with Crippen LogP contribution in [0.1, 0.15) is 132 Å². The molecule has 4 aliphatic carbocycles. The SMILES string of the molecule is CC(C)=CCC[C@@H](C)[C@H]1CC[C@@]2(C)C3=C(CC[C@]12C)[C@@]1(C)CC[C@H](OC(=O)CNC(=O)[C@H](CS)NC(=O)CC[C@H](N)C(=O)O)C(C)(C)[C@@H]1CC3. The van der Waals surface area contributed by atoms with Crippen LogP contribution in [0, 0.1) is 39.4 Å². The van der Waals surface area contributed by atoms with Gasteiger partial charge in [-0.25, -0.2) is 0 Å². The second kappa shape index (κ2) is 15.7. The number of fused-ring (bicyclic) bond motifs is 4. The third-order valence-corrected chi connectivity index (χ3v) is 14.5. The highest BCUT2D eigenvalue weighted by Crippen LogP contribution is 2.72. The van der Waals surface area contributed by atoms with Gasteiger partial charge in [0.2, 0.25) is 11.8 Å². The van der Waals surface area contributed by atoms with Crippen molar-refractivity contribution in [1.29, 1.82) is 0 Å². The van der Waals surface area contributed by atoms with Crippen molar-refractivity contribution in [2.24, 2.45) is 45.1 Å². The maximum Gasteiger partial charge on any atom is 0.325 e. The summed E-state index contributed by atoms with van der Waals surface area (Å²) in [5, 5.41) is 14.1. The molecule has 0 unspecified atom stereocenters. The van der Waals surface area contributed by atoms with Gasteiger partial charge in [0.15, 0.2) is 0 Å². The average Bonchev–Trinajstić information content (AvgIpc) is 3.33. The number of carbonyl (C=O) groups excluding carboxylic acids is 3. The van der Waals surface area contributed by atoms with Crippen molar-refractivity contribution < 1.29 is 29.0 Å². The highest BCUT2D eigenvalue weighted by molar-refractivity contribution is 7.80. The molecule has 9 atom stereocenters. The van der Waals surface area contributed by atoms with Gasteiger partial charge in [0.25, 0.3) is 0 Å². The number of hydrogen-bond acceptors (Lipinski definition) is 7. The molecule has 4 aliphatic rings. The second-order valence-electron chi connectivity index (χ2n) is 17.5. The topological polar surface area (TPSA) is 148 Å². The third kappa shape index (κ3) is 7.86. The molecule has 9 nitrogen and oxygen atoms in total. The zero-order valence-electron chi connectivity index (χ0n) is 32.0. The summed E-state index contributed by atoms with van der Waals surface area (Å²) in [4.78, 5) is 49.1. The first-order valence-electron chi connectivity index (χ1n) is 19.0. The molecule has 0 bridgehead atoms. The van der Waals surface area contributed by atoms with E-state index in [-0.39, 0.29) is 47.5 Å². The van der Waals surface area contributed by atoms with Crippen LogP contribution >= 0.6 is 12.6 Å². The van der Waals surface area contributed by atoms with E-state index in [4.69, 9.17) is 15.6 Å². The Morgan fingerprint density at radius 2 is 1.70 bits per heavy atom. The number of thiol groups is 1. The van der Waals surface area contributed by atoms with Crippen LogP contribution in [0.3, 0.4) is 0 Å². The van der Waals surface area contributed by atoms with Crippen LogP contribution in [0.25, 0.3) is 0 Å². The first-order chi connectivity index (χ1) is 23.3. The first kappa shape index (κ1) is 40.4. The average molecular weight is 716 g/mol. The predicted octanol–water partition coefficient (Wildman–Crippen LogP) is 6.75. The largest absolute Gasteiger partial charge is 0.480 e. The summed E-state index contributed by atoms with van der Waals surface area (Å²) in [6.07, 6.45) is 13.4. The summed E-state index contributed by atoms with van der Waals surface area (Å²) >= 11 is 4.17. The number of allylic oxidation sites excluding steroid dienone is 4. The number of amides is 2. The molecule has 0 saturated heterocycles. The van der Waals surface area contributed by atoms with Crippen LogP contribution < -0.4 is 16.4 Å².